The lowest BCUT2D eigenvalue weighted by Gasteiger charge is -2.37. The minimum Gasteiger partial charge on any atom is -0.495 e. The van der Waals surface area contributed by atoms with Crippen LogP contribution in [0.4, 0.5) is 11.4 Å². The lowest BCUT2D eigenvalue weighted by Crippen LogP contribution is -2.45. The van der Waals surface area contributed by atoms with Crippen LogP contribution in [-0.4, -0.2) is 41.3 Å². The standard InChI is InChI=1S/C26H23N3O6/c1-35-21-9-5-4-8-20(21)27(24(30)16-6-2-3-7-19(16)29(33)34)13-28-25(31)22-14-10-11-15(18-12-17(14)18)23(22)26(28)32/h2-11,14-15,17-18,22-23H,12-13H2,1H3. The number of nitrogens with zero attached hydrogens (tertiary/aromatic N) is 3. The Kier molecular flexibility index (Phi) is 4.77. The van der Waals surface area contributed by atoms with E-state index in [0.29, 0.717) is 23.3 Å². The van der Waals surface area contributed by atoms with Gasteiger partial charge in [-0.2, -0.15) is 0 Å². The first-order valence-corrected chi connectivity index (χ1v) is 11.6. The number of hydrogen-bond acceptors (Lipinski definition) is 6. The van der Waals surface area contributed by atoms with Gasteiger partial charge in [0.05, 0.1) is 29.6 Å². The summed E-state index contributed by atoms with van der Waals surface area (Å²) in [6.07, 6.45) is 5.23. The van der Waals surface area contributed by atoms with E-state index >= 15 is 0 Å². The van der Waals surface area contributed by atoms with Crippen LogP contribution in [-0.2, 0) is 9.59 Å². The second-order valence-corrected chi connectivity index (χ2v) is 9.58. The molecule has 35 heavy (non-hydrogen) atoms. The third-order valence-electron chi connectivity index (χ3n) is 7.99. The summed E-state index contributed by atoms with van der Waals surface area (Å²) in [6.45, 7) is -0.343. The first-order chi connectivity index (χ1) is 16.9. The third kappa shape index (κ3) is 3.10. The van der Waals surface area contributed by atoms with Gasteiger partial charge in [-0.25, -0.2) is 0 Å². The van der Waals surface area contributed by atoms with Gasteiger partial charge in [0.15, 0.2) is 0 Å². The van der Waals surface area contributed by atoms with Crippen LogP contribution in [0.2, 0.25) is 0 Å². The van der Waals surface area contributed by atoms with E-state index in [4.69, 9.17) is 4.74 Å². The zero-order valence-corrected chi connectivity index (χ0v) is 18.9. The summed E-state index contributed by atoms with van der Waals surface area (Å²) in [7, 11) is 1.45. The van der Waals surface area contributed by atoms with E-state index in [9.17, 15) is 24.5 Å². The van der Waals surface area contributed by atoms with E-state index in [1.165, 1.54) is 36.3 Å². The lowest BCUT2D eigenvalue weighted by molar-refractivity contribution is -0.385. The Balaban J connectivity index is 1.39. The molecule has 0 aromatic heterocycles. The van der Waals surface area contributed by atoms with Crippen molar-refractivity contribution in [1.82, 2.24) is 4.90 Å². The predicted molar refractivity (Wildman–Crippen MR) is 124 cm³/mol. The smallest absolute Gasteiger partial charge is 0.282 e. The number of benzene rings is 2. The second-order valence-electron chi connectivity index (χ2n) is 9.58. The molecule has 1 aliphatic heterocycles. The predicted octanol–water partition coefficient (Wildman–Crippen LogP) is 3.26. The molecular weight excluding hydrogens is 450 g/mol. The molecule has 7 rings (SSSR count). The summed E-state index contributed by atoms with van der Waals surface area (Å²) in [5.41, 5.74) is -0.173. The number of hydrogen-bond donors (Lipinski definition) is 0. The largest absolute Gasteiger partial charge is 0.495 e. The molecule has 5 aliphatic rings. The van der Waals surface area contributed by atoms with Gasteiger partial charge in [0.2, 0.25) is 11.8 Å². The second kappa shape index (κ2) is 7.76. The lowest BCUT2D eigenvalue weighted by atomic mass is 9.63. The van der Waals surface area contributed by atoms with E-state index in [2.05, 4.69) is 12.2 Å². The number of likely N-dealkylation sites (tertiary alicyclic amines) is 1. The molecule has 3 fully saturated rings. The molecule has 4 aliphatic carbocycles. The summed E-state index contributed by atoms with van der Waals surface area (Å²) in [5, 5.41) is 11.6. The monoisotopic (exact) mass is 473 g/mol. The Bertz CT molecular complexity index is 1270. The van der Waals surface area contributed by atoms with Crippen molar-refractivity contribution in [3.8, 4) is 5.75 Å². The minimum atomic E-state index is -0.693. The van der Waals surface area contributed by atoms with Crippen molar-refractivity contribution in [2.24, 2.45) is 35.5 Å². The molecule has 6 atom stereocenters. The number of para-hydroxylation sites is 3. The topological polar surface area (TPSA) is 110 Å². The van der Waals surface area contributed by atoms with E-state index < -0.39 is 22.7 Å². The molecule has 9 nitrogen and oxygen atoms in total. The number of carbonyl (C=O) groups excluding carboxylic acids is 3. The molecular formula is C26H23N3O6. The van der Waals surface area contributed by atoms with Gasteiger partial charge in [-0.15, -0.1) is 0 Å². The van der Waals surface area contributed by atoms with Gasteiger partial charge in [-0.05, 0) is 48.3 Å². The number of anilines is 1. The highest BCUT2D eigenvalue weighted by Crippen LogP contribution is 2.65. The van der Waals surface area contributed by atoms with Gasteiger partial charge >= 0.3 is 0 Å². The molecule has 0 radical (unpaired) electrons. The van der Waals surface area contributed by atoms with Crippen LogP contribution in [0.3, 0.4) is 0 Å². The maximum Gasteiger partial charge on any atom is 0.282 e. The average Bonchev–Trinajstić information content (AvgIpc) is 3.67. The summed E-state index contributed by atoms with van der Waals surface area (Å²) < 4.78 is 5.44. The van der Waals surface area contributed by atoms with Crippen LogP contribution in [0, 0.1) is 45.6 Å². The van der Waals surface area contributed by atoms with E-state index in [-0.39, 0.29) is 41.6 Å². The Hall–Kier alpha value is -4.01. The molecule has 0 spiro atoms. The van der Waals surface area contributed by atoms with Crippen LogP contribution < -0.4 is 9.64 Å². The fourth-order valence-electron chi connectivity index (χ4n) is 6.36. The summed E-state index contributed by atoms with van der Waals surface area (Å²) in [6, 6.07) is 12.3. The number of allylic oxidation sites excluding steroid dienone is 2. The van der Waals surface area contributed by atoms with Crippen molar-refractivity contribution in [3.63, 3.8) is 0 Å². The zero-order chi connectivity index (χ0) is 24.4. The van der Waals surface area contributed by atoms with Gasteiger partial charge < -0.3 is 4.74 Å². The maximum absolute atomic E-state index is 13.8. The van der Waals surface area contributed by atoms with Gasteiger partial charge in [0.1, 0.15) is 18.0 Å². The number of ether oxygens (including phenoxy) is 1. The van der Waals surface area contributed by atoms with Crippen LogP contribution in [0.15, 0.2) is 60.7 Å². The molecule has 9 heteroatoms. The SMILES string of the molecule is COc1ccccc1N(CN1C(=O)C2C3C=CC(C4CC34)C2C1=O)C(=O)c1ccccc1[N+](=O)[O-]. The highest BCUT2D eigenvalue weighted by molar-refractivity contribution is 6.11. The highest BCUT2D eigenvalue weighted by atomic mass is 16.6. The van der Waals surface area contributed by atoms with Crippen molar-refractivity contribution in [2.45, 2.75) is 6.42 Å². The molecule has 2 bridgehead atoms. The van der Waals surface area contributed by atoms with Crippen molar-refractivity contribution in [2.75, 3.05) is 18.7 Å². The normalized spacial score (nSPS) is 29.6. The van der Waals surface area contributed by atoms with Gasteiger partial charge in [0, 0.05) is 6.07 Å². The Morgan fingerprint density at radius 2 is 1.63 bits per heavy atom. The average molecular weight is 473 g/mol. The highest BCUT2D eigenvalue weighted by Gasteiger charge is 2.67. The number of carbonyl (C=O) groups is 3. The number of rotatable bonds is 6. The molecule has 178 valence electrons. The molecule has 2 saturated carbocycles. The fraction of sp³-hybridized carbons (Fsp3) is 0.346. The molecule has 6 unspecified atom stereocenters. The first-order valence-electron chi connectivity index (χ1n) is 11.6. The number of methoxy groups -OCH3 is 1. The maximum atomic E-state index is 13.8. The Labute approximate surface area is 201 Å². The number of imide groups is 1. The number of nitro groups is 1. The minimum absolute atomic E-state index is 0.0575. The van der Waals surface area contributed by atoms with E-state index in [1.807, 2.05) is 0 Å². The molecule has 2 aromatic carbocycles. The van der Waals surface area contributed by atoms with Crippen LogP contribution in [0.25, 0.3) is 0 Å². The van der Waals surface area contributed by atoms with E-state index in [0.717, 1.165) is 11.3 Å². The zero-order valence-electron chi connectivity index (χ0n) is 18.9. The van der Waals surface area contributed by atoms with Crippen LogP contribution in [0.5, 0.6) is 5.75 Å². The summed E-state index contributed by atoms with van der Waals surface area (Å²) in [4.78, 5) is 54.3. The van der Waals surface area contributed by atoms with E-state index in [1.54, 1.807) is 24.3 Å². The number of nitro benzene ring substituents is 1. The van der Waals surface area contributed by atoms with Gasteiger partial charge in [-0.3, -0.25) is 34.3 Å². The van der Waals surface area contributed by atoms with Crippen LogP contribution >= 0.6 is 0 Å². The van der Waals surface area contributed by atoms with Crippen molar-refractivity contribution < 1.29 is 24.0 Å². The number of amides is 3. The van der Waals surface area contributed by atoms with Crippen molar-refractivity contribution in [1.29, 1.82) is 0 Å². The Morgan fingerprint density at radius 3 is 2.26 bits per heavy atom. The van der Waals surface area contributed by atoms with Crippen molar-refractivity contribution in [3.05, 3.63) is 76.4 Å². The molecule has 3 amide bonds. The molecule has 2 aromatic rings. The summed E-state index contributed by atoms with van der Waals surface area (Å²) in [5.74, 6) is -0.670. The van der Waals surface area contributed by atoms with Gasteiger partial charge in [-0.1, -0.05) is 36.4 Å². The molecule has 1 heterocycles. The quantitative estimate of drug-likeness (QED) is 0.276. The third-order valence-corrected chi connectivity index (χ3v) is 7.99. The van der Waals surface area contributed by atoms with Crippen molar-refractivity contribution >= 4 is 29.1 Å². The molecule has 0 N–H and O–H groups in total. The Morgan fingerprint density at radius 1 is 1.03 bits per heavy atom. The summed E-state index contributed by atoms with van der Waals surface area (Å²) >= 11 is 0. The van der Waals surface area contributed by atoms with Gasteiger partial charge in [0.25, 0.3) is 11.6 Å². The first kappa shape index (κ1) is 21.5. The fourth-order valence-corrected chi connectivity index (χ4v) is 6.36. The van der Waals surface area contributed by atoms with Crippen LogP contribution in [0.1, 0.15) is 16.8 Å². The molecule has 1 saturated heterocycles.